The van der Waals surface area contributed by atoms with Gasteiger partial charge in [0.25, 0.3) is 5.91 Å². The van der Waals surface area contributed by atoms with Gasteiger partial charge >= 0.3 is 0 Å². The lowest BCUT2D eigenvalue weighted by molar-refractivity contribution is 0.0926. The fraction of sp³-hybridized carbons (Fsp3) is 0.333. The Kier molecular flexibility index (Phi) is 5.51. The molecule has 0 unspecified atom stereocenters. The number of amides is 2. The Morgan fingerprint density at radius 1 is 1.40 bits per heavy atom. The highest BCUT2D eigenvalue weighted by Crippen LogP contribution is 2.17. The van der Waals surface area contributed by atoms with Crippen molar-refractivity contribution < 1.29 is 18.0 Å². The van der Waals surface area contributed by atoms with Crippen LogP contribution in [0.2, 0.25) is 0 Å². The van der Waals surface area contributed by atoms with E-state index in [4.69, 9.17) is 5.73 Å². The molecular weight excluding hydrogens is 395 g/mol. The lowest BCUT2D eigenvalue weighted by Crippen LogP contribution is -2.38. The summed E-state index contributed by atoms with van der Waals surface area (Å²) in [6.07, 6.45) is 1.09. The molecule has 3 N–H and O–H groups in total. The van der Waals surface area contributed by atoms with Crippen molar-refractivity contribution in [2.75, 3.05) is 12.0 Å². The SMILES string of the molecule is C[C@@H](CS(C)(=O)=O)NC(=O)c1c(I)cccc1C(N)=O. The van der Waals surface area contributed by atoms with E-state index in [1.54, 1.807) is 19.1 Å². The van der Waals surface area contributed by atoms with Crippen molar-refractivity contribution in [2.24, 2.45) is 5.73 Å². The van der Waals surface area contributed by atoms with Crippen molar-refractivity contribution in [3.63, 3.8) is 0 Å². The van der Waals surface area contributed by atoms with Crippen LogP contribution in [0.3, 0.4) is 0 Å². The Labute approximate surface area is 131 Å². The molecule has 1 aromatic carbocycles. The molecule has 110 valence electrons. The van der Waals surface area contributed by atoms with Gasteiger partial charge in [-0.05, 0) is 41.6 Å². The summed E-state index contributed by atoms with van der Waals surface area (Å²) in [5.74, 6) is -1.39. The molecule has 1 atom stereocenters. The zero-order chi connectivity index (χ0) is 15.5. The highest BCUT2D eigenvalue weighted by Gasteiger charge is 2.21. The van der Waals surface area contributed by atoms with E-state index in [2.05, 4.69) is 5.32 Å². The summed E-state index contributed by atoms with van der Waals surface area (Å²) >= 11 is 1.92. The van der Waals surface area contributed by atoms with Crippen LogP contribution in [-0.2, 0) is 9.84 Å². The van der Waals surface area contributed by atoms with Crippen LogP contribution in [0.5, 0.6) is 0 Å². The van der Waals surface area contributed by atoms with Gasteiger partial charge in [-0.2, -0.15) is 0 Å². The number of benzene rings is 1. The number of rotatable bonds is 5. The van der Waals surface area contributed by atoms with Crippen LogP contribution in [0.25, 0.3) is 0 Å². The third kappa shape index (κ3) is 4.75. The van der Waals surface area contributed by atoms with Crippen molar-refractivity contribution in [2.45, 2.75) is 13.0 Å². The first kappa shape index (κ1) is 16.9. The number of halogens is 1. The van der Waals surface area contributed by atoms with Crippen molar-refractivity contribution in [1.29, 1.82) is 0 Å². The van der Waals surface area contributed by atoms with Gasteiger partial charge < -0.3 is 11.1 Å². The fourth-order valence-corrected chi connectivity index (χ4v) is 3.49. The number of hydrogen-bond donors (Lipinski definition) is 2. The van der Waals surface area contributed by atoms with E-state index in [9.17, 15) is 18.0 Å². The Hall–Kier alpha value is -1.16. The molecule has 8 heteroatoms. The lowest BCUT2D eigenvalue weighted by atomic mass is 10.1. The number of carbonyl (C=O) groups excluding carboxylic acids is 2. The summed E-state index contributed by atoms with van der Waals surface area (Å²) in [6.45, 7) is 1.58. The largest absolute Gasteiger partial charge is 0.366 e. The Bertz CT molecular complexity index is 643. The maximum absolute atomic E-state index is 12.2. The van der Waals surface area contributed by atoms with Gasteiger partial charge in [0.1, 0.15) is 9.84 Å². The second kappa shape index (κ2) is 6.53. The molecule has 0 spiro atoms. The van der Waals surface area contributed by atoms with E-state index in [-0.39, 0.29) is 16.9 Å². The zero-order valence-electron chi connectivity index (χ0n) is 11.0. The summed E-state index contributed by atoms with van der Waals surface area (Å²) in [5, 5.41) is 2.56. The number of primary amides is 1. The van der Waals surface area contributed by atoms with E-state index in [0.29, 0.717) is 3.57 Å². The molecule has 0 saturated heterocycles. The van der Waals surface area contributed by atoms with E-state index < -0.39 is 27.7 Å². The average Bonchev–Trinajstić information content (AvgIpc) is 2.25. The van der Waals surface area contributed by atoms with Crippen LogP contribution in [0.1, 0.15) is 27.6 Å². The molecule has 0 aliphatic carbocycles. The summed E-state index contributed by atoms with van der Waals surface area (Å²) in [4.78, 5) is 23.5. The molecule has 1 rings (SSSR count). The number of nitrogens with two attached hydrogens (primary N) is 1. The zero-order valence-corrected chi connectivity index (χ0v) is 14.0. The molecule has 0 radical (unpaired) electrons. The predicted molar refractivity (Wildman–Crippen MR) is 84.3 cm³/mol. The monoisotopic (exact) mass is 410 g/mol. The Morgan fingerprint density at radius 3 is 2.50 bits per heavy atom. The van der Waals surface area contributed by atoms with Crippen molar-refractivity contribution in [3.8, 4) is 0 Å². The van der Waals surface area contributed by atoms with Crippen LogP contribution in [0.4, 0.5) is 0 Å². The fourth-order valence-electron chi connectivity index (χ4n) is 1.75. The standard InChI is InChI=1S/C12H15IN2O4S/c1-7(6-20(2,18)19)15-12(17)10-8(11(14)16)4-3-5-9(10)13/h3-5,7H,6H2,1-2H3,(H2,14,16)(H,15,17)/t7-/m0/s1. The second-order valence-electron chi connectivity index (χ2n) is 4.49. The van der Waals surface area contributed by atoms with Crippen molar-refractivity contribution >= 4 is 44.2 Å². The molecule has 0 heterocycles. The van der Waals surface area contributed by atoms with Crippen molar-refractivity contribution in [3.05, 3.63) is 32.9 Å². The van der Waals surface area contributed by atoms with Gasteiger partial charge in [-0.25, -0.2) is 8.42 Å². The minimum absolute atomic E-state index is 0.112. The van der Waals surface area contributed by atoms with E-state index in [0.717, 1.165) is 6.26 Å². The van der Waals surface area contributed by atoms with Gasteiger partial charge in [0.05, 0.1) is 16.9 Å². The minimum atomic E-state index is -3.20. The normalized spacial score (nSPS) is 12.8. The van der Waals surface area contributed by atoms with Crippen LogP contribution in [0, 0.1) is 3.57 Å². The van der Waals surface area contributed by atoms with E-state index in [1.165, 1.54) is 6.07 Å². The maximum atomic E-state index is 12.2. The first-order chi connectivity index (χ1) is 9.11. The van der Waals surface area contributed by atoms with Gasteiger partial charge in [0, 0.05) is 15.9 Å². The molecule has 0 aliphatic rings. The predicted octanol–water partition coefficient (Wildman–Crippen LogP) is 0.553. The van der Waals surface area contributed by atoms with Gasteiger partial charge in [-0.3, -0.25) is 9.59 Å². The minimum Gasteiger partial charge on any atom is -0.366 e. The van der Waals surface area contributed by atoms with Crippen LogP contribution in [0.15, 0.2) is 18.2 Å². The molecule has 0 bridgehead atoms. The van der Waals surface area contributed by atoms with Gasteiger partial charge in [-0.15, -0.1) is 0 Å². The average molecular weight is 410 g/mol. The van der Waals surface area contributed by atoms with Crippen LogP contribution in [-0.4, -0.2) is 38.3 Å². The molecule has 6 nitrogen and oxygen atoms in total. The second-order valence-corrected chi connectivity index (χ2v) is 7.84. The quantitative estimate of drug-likeness (QED) is 0.692. The van der Waals surface area contributed by atoms with Crippen LogP contribution >= 0.6 is 22.6 Å². The Balaban J connectivity index is 3.01. The topological polar surface area (TPSA) is 106 Å². The summed E-state index contributed by atoms with van der Waals surface area (Å²) < 4.78 is 22.9. The number of nitrogens with one attached hydrogen (secondary N) is 1. The van der Waals surface area contributed by atoms with Gasteiger partial charge in [-0.1, -0.05) is 6.07 Å². The Morgan fingerprint density at radius 2 is 2.00 bits per heavy atom. The first-order valence-corrected chi connectivity index (χ1v) is 8.82. The highest BCUT2D eigenvalue weighted by atomic mass is 127. The van der Waals surface area contributed by atoms with E-state index in [1.807, 2.05) is 22.6 Å². The highest BCUT2D eigenvalue weighted by molar-refractivity contribution is 14.1. The molecule has 0 aliphatic heterocycles. The van der Waals surface area contributed by atoms with Crippen molar-refractivity contribution in [1.82, 2.24) is 5.32 Å². The molecule has 0 saturated carbocycles. The molecule has 1 aromatic rings. The third-order valence-corrected chi connectivity index (χ3v) is 4.44. The summed E-state index contributed by atoms with van der Waals surface area (Å²) in [6, 6.07) is 4.19. The number of hydrogen-bond acceptors (Lipinski definition) is 4. The molecular formula is C12H15IN2O4S. The van der Waals surface area contributed by atoms with E-state index >= 15 is 0 Å². The summed E-state index contributed by atoms with van der Waals surface area (Å²) in [7, 11) is -3.20. The number of sulfone groups is 1. The van der Waals surface area contributed by atoms with Crippen LogP contribution < -0.4 is 11.1 Å². The molecule has 0 fully saturated rings. The summed E-state index contributed by atoms with van der Waals surface area (Å²) in [5.41, 5.74) is 5.52. The van der Waals surface area contributed by atoms with Gasteiger partial charge in [0.15, 0.2) is 0 Å². The first-order valence-electron chi connectivity index (χ1n) is 5.68. The molecule has 20 heavy (non-hydrogen) atoms. The van der Waals surface area contributed by atoms with Gasteiger partial charge in [0.2, 0.25) is 5.91 Å². The third-order valence-electron chi connectivity index (χ3n) is 2.44. The maximum Gasteiger partial charge on any atom is 0.253 e. The molecule has 0 aromatic heterocycles. The smallest absolute Gasteiger partial charge is 0.253 e. The molecule has 2 amide bonds. The number of carbonyl (C=O) groups is 2. The lowest BCUT2D eigenvalue weighted by Gasteiger charge is -2.15.